The molecule has 1 atom stereocenters. The second-order valence-electron chi connectivity index (χ2n) is 4.85. The van der Waals surface area contributed by atoms with Crippen molar-refractivity contribution < 1.29 is 13.5 Å². The Kier molecular flexibility index (Phi) is 5.59. The van der Waals surface area contributed by atoms with E-state index in [1.54, 1.807) is 13.8 Å². The monoisotopic (exact) mass is 314 g/mol. The van der Waals surface area contributed by atoms with Gasteiger partial charge in [-0.2, -0.15) is 17.0 Å². The van der Waals surface area contributed by atoms with Crippen LogP contribution in [0.5, 0.6) is 0 Å². The van der Waals surface area contributed by atoms with Gasteiger partial charge in [0.15, 0.2) is 0 Å². The second kappa shape index (κ2) is 6.59. The molecule has 0 radical (unpaired) electrons. The molecule has 0 saturated carbocycles. The molecule has 0 aliphatic rings. The first-order chi connectivity index (χ1) is 9.22. The molecule has 0 spiro atoms. The molecule has 1 rings (SSSR count). The number of aliphatic hydroxyl groups is 1. The zero-order valence-electron chi connectivity index (χ0n) is 11.7. The van der Waals surface area contributed by atoms with Crippen LogP contribution in [0.1, 0.15) is 18.1 Å². The molecule has 20 heavy (non-hydrogen) atoms. The summed E-state index contributed by atoms with van der Waals surface area (Å²) in [7, 11) is -3.70. The number of nitriles is 1. The summed E-state index contributed by atoms with van der Waals surface area (Å²) in [6.45, 7) is 3.16. The first-order valence-corrected chi connectivity index (χ1v) is 8.81. The molecule has 0 fully saturated rings. The number of benzene rings is 1. The molecule has 1 aromatic carbocycles. The quantitative estimate of drug-likeness (QED) is 0.825. The molecular formula is C13H18N2O3S2. The molecule has 0 aliphatic carbocycles. The fourth-order valence-corrected chi connectivity index (χ4v) is 3.82. The van der Waals surface area contributed by atoms with Crippen molar-refractivity contribution in [3.8, 4) is 6.07 Å². The van der Waals surface area contributed by atoms with Crippen LogP contribution in [0.15, 0.2) is 23.1 Å². The topological polar surface area (TPSA) is 90.2 Å². The lowest BCUT2D eigenvalue weighted by molar-refractivity contribution is 0.0908. The lowest BCUT2D eigenvalue weighted by Crippen LogP contribution is -2.42. The van der Waals surface area contributed by atoms with Crippen molar-refractivity contribution in [3.05, 3.63) is 29.3 Å². The van der Waals surface area contributed by atoms with Gasteiger partial charge in [0.25, 0.3) is 0 Å². The fraction of sp³-hybridized carbons (Fsp3) is 0.462. The maximum Gasteiger partial charge on any atom is 0.240 e. The minimum Gasteiger partial charge on any atom is -0.388 e. The molecule has 110 valence electrons. The third-order valence-electron chi connectivity index (χ3n) is 2.69. The molecule has 0 amide bonds. The van der Waals surface area contributed by atoms with Gasteiger partial charge in [0.2, 0.25) is 10.0 Å². The van der Waals surface area contributed by atoms with Crippen molar-refractivity contribution in [2.75, 3.05) is 18.6 Å². The highest BCUT2D eigenvalue weighted by Gasteiger charge is 2.24. The Balaban J connectivity index is 2.93. The number of hydrogen-bond donors (Lipinski definition) is 2. The van der Waals surface area contributed by atoms with Crippen LogP contribution in [-0.4, -0.2) is 37.7 Å². The van der Waals surface area contributed by atoms with Gasteiger partial charge >= 0.3 is 0 Å². The highest BCUT2D eigenvalue weighted by Crippen LogP contribution is 2.17. The standard InChI is InChI=1S/C13H18N2O3S2/c1-10-6-11(7-14)4-5-12(10)20(17,18)15-8-13(2,16)9-19-3/h4-6,15-16H,8-9H2,1-3H3. The minimum absolute atomic E-state index is 0.0599. The number of sulfonamides is 1. The number of aryl methyl sites for hydroxylation is 1. The van der Waals surface area contributed by atoms with Crippen LogP contribution in [0, 0.1) is 18.3 Å². The van der Waals surface area contributed by atoms with Gasteiger partial charge in [-0.1, -0.05) is 0 Å². The van der Waals surface area contributed by atoms with Crippen molar-refractivity contribution in [1.82, 2.24) is 4.72 Å². The SMILES string of the molecule is CSCC(C)(O)CNS(=O)(=O)c1ccc(C#N)cc1C. The molecule has 1 unspecified atom stereocenters. The van der Waals surface area contributed by atoms with Crippen molar-refractivity contribution in [3.63, 3.8) is 0 Å². The Morgan fingerprint density at radius 2 is 2.15 bits per heavy atom. The predicted molar refractivity (Wildman–Crippen MR) is 80.1 cm³/mol. The lowest BCUT2D eigenvalue weighted by Gasteiger charge is -2.22. The minimum atomic E-state index is -3.70. The number of thioether (sulfide) groups is 1. The number of hydrogen-bond acceptors (Lipinski definition) is 5. The third kappa shape index (κ3) is 4.49. The van der Waals surface area contributed by atoms with Gasteiger partial charge in [-0.25, -0.2) is 13.1 Å². The summed E-state index contributed by atoms with van der Waals surface area (Å²) in [5.74, 6) is 0.432. The zero-order chi connectivity index (χ0) is 15.4. The molecule has 0 heterocycles. The average Bonchev–Trinajstić information content (AvgIpc) is 2.36. The van der Waals surface area contributed by atoms with E-state index in [0.29, 0.717) is 16.9 Å². The highest BCUT2D eigenvalue weighted by molar-refractivity contribution is 7.98. The van der Waals surface area contributed by atoms with Gasteiger partial charge in [-0.3, -0.25) is 0 Å². The lowest BCUT2D eigenvalue weighted by atomic mass is 10.1. The smallest absolute Gasteiger partial charge is 0.240 e. The molecule has 0 saturated heterocycles. The predicted octanol–water partition coefficient (Wildman–Crippen LogP) is 1.26. The molecule has 0 aliphatic heterocycles. The molecule has 0 aromatic heterocycles. The van der Waals surface area contributed by atoms with Crippen LogP contribution in [0.4, 0.5) is 0 Å². The van der Waals surface area contributed by atoms with Crippen LogP contribution in [0.25, 0.3) is 0 Å². The van der Waals surface area contributed by atoms with E-state index in [2.05, 4.69) is 4.72 Å². The number of nitrogens with one attached hydrogen (secondary N) is 1. The van der Waals surface area contributed by atoms with Crippen LogP contribution in [0.2, 0.25) is 0 Å². The first-order valence-electron chi connectivity index (χ1n) is 5.93. The van der Waals surface area contributed by atoms with E-state index in [-0.39, 0.29) is 11.4 Å². The Labute approximate surface area is 124 Å². The summed E-state index contributed by atoms with van der Waals surface area (Å²) in [5, 5.41) is 18.8. The van der Waals surface area contributed by atoms with E-state index in [1.807, 2.05) is 12.3 Å². The normalized spacial score (nSPS) is 14.6. The largest absolute Gasteiger partial charge is 0.388 e. The Morgan fingerprint density at radius 1 is 1.50 bits per heavy atom. The average molecular weight is 314 g/mol. The van der Waals surface area contributed by atoms with Crippen LogP contribution < -0.4 is 4.72 Å². The van der Waals surface area contributed by atoms with Crippen molar-refractivity contribution in [1.29, 1.82) is 5.26 Å². The van der Waals surface area contributed by atoms with Crippen LogP contribution in [0.3, 0.4) is 0 Å². The maximum atomic E-state index is 12.2. The molecule has 7 heteroatoms. The van der Waals surface area contributed by atoms with Crippen molar-refractivity contribution in [2.45, 2.75) is 24.3 Å². The van der Waals surface area contributed by atoms with Gasteiger partial charge < -0.3 is 5.11 Å². The molecular weight excluding hydrogens is 296 g/mol. The van der Waals surface area contributed by atoms with Crippen molar-refractivity contribution in [2.24, 2.45) is 0 Å². The van der Waals surface area contributed by atoms with Crippen molar-refractivity contribution >= 4 is 21.8 Å². The summed E-state index contributed by atoms with van der Waals surface area (Å²) in [6, 6.07) is 6.35. The van der Waals surface area contributed by atoms with E-state index >= 15 is 0 Å². The fourth-order valence-electron chi connectivity index (χ4n) is 1.71. The second-order valence-corrected chi connectivity index (χ2v) is 7.45. The Hall–Kier alpha value is -1.07. The molecule has 5 nitrogen and oxygen atoms in total. The van der Waals surface area contributed by atoms with E-state index in [9.17, 15) is 13.5 Å². The number of nitrogens with zero attached hydrogens (tertiary/aromatic N) is 1. The van der Waals surface area contributed by atoms with Gasteiger partial charge in [0.05, 0.1) is 22.1 Å². The van der Waals surface area contributed by atoms with E-state index in [4.69, 9.17) is 5.26 Å². The maximum absolute atomic E-state index is 12.2. The highest BCUT2D eigenvalue weighted by atomic mass is 32.2. The van der Waals surface area contributed by atoms with Gasteiger partial charge in [-0.15, -0.1) is 0 Å². The van der Waals surface area contributed by atoms with Gasteiger partial charge in [-0.05, 0) is 43.9 Å². The van der Waals surface area contributed by atoms with Gasteiger partial charge in [0.1, 0.15) is 0 Å². The summed E-state index contributed by atoms with van der Waals surface area (Å²) in [4.78, 5) is 0.122. The molecule has 0 bridgehead atoms. The van der Waals surface area contributed by atoms with Crippen LogP contribution in [-0.2, 0) is 10.0 Å². The van der Waals surface area contributed by atoms with Crippen LogP contribution >= 0.6 is 11.8 Å². The van der Waals surface area contributed by atoms with E-state index < -0.39 is 15.6 Å². The number of rotatable bonds is 6. The first kappa shape index (κ1) is 17.0. The third-order valence-corrected chi connectivity index (χ3v) is 5.16. The Morgan fingerprint density at radius 3 is 2.65 bits per heavy atom. The molecule has 1 aromatic rings. The van der Waals surface area contributed by atoms with E-state index in [1.165, 1.54) is 30.0 Å². The zero-order valence-corrected chi connectivity index (χ0v) is 13.3. The molecule has 2 N–H and O–H groups in total. The summed E-state index contributed by atoms with van der Waals surface area (Å²) in [5.41, 5.74) is -0.190. The Bertz CT molecular complexity index is 619. The summed E-state index contributed by atoms with van der Waals surface area (Å²) in [6.07, 6.45) is 1.84. The van der Waals surface area contributed by atoms with E-state index in [0.717, 1.165) is 0 Å². The summed E-state index contributed by atoms with van der Waals surface area (Å²) < 4.78 is 26.8. The summed E-state index contributed by atoms with van der Waals surface area (Å²) >= 11 is 1.44. The van der Waals surface area contributed by atoms with Gasteiger partial charge in [0, 0.05) is 12.3 Å².